The van der Waals surface area contributed by atoms with Crippen LogP contribution in [0.2, 0.25) is 0 Å². The van der Waals surface area contributed by atoms with E-state index in [2.05, 4.69) is 0 Å². The Morgan fingerprint density at radius 2 is 1.85 bits per heavy atom. The van der Waals surface area contributed by atoms with Gasteiger partial charge in [0.25, 0.3) is 11.1 Å². The molecule has 2 amide bonds. The van der Waals surface area contributed by atoms with Crippen molar-refractivity contribution in [3.05, 3.63) is 58.0 Å². The Kier molecular flexibility index (Phi) is 5.05. The van der Waals surface area contributed by atoms with Crippen molar-refractivity contribution in [2.24, 2.45) is 0 Å². The third-order valence-corrected chi connectivity index (χ3v) is 5.58. The predicted molar refractivity (Wildman–Crippen MR) is 103 cm³/mol. The summed E-state index contributed by atoms with van der Waals surface area (Å²) < 4.78 is 15.2. The maximum Gasteiger partial charge on any atom is 0.293 e. The molecule has 0 aliphatic carbocycles. The second-order valence-corrected chi connectivity index (χ2v) is 7.44. The van der Waals surface area contributed by atoms with Crippen molar-refractivity contribution >= 4 is 29.0 Å². The lowest BCUT2D eigenvalue weighted by Gasteiger charge is -2.19. The Labute approximate surface area is 156 Å². The molecule has 4 nitrogen and oxygen atoms in total. The summed E-state index contributed by atoms with van der Waals surface area (Å²) in [5.41, 5.74) is 3.64. The van der Waals surface area contributed by atoms with Gasteiger partial charge in [0.2, 0.25) is 0 Å². The molecule has 0 bridgehead atoms. The monoisotopic (exact) mass is 372 g/mol. The van der Waals surface area contributed by atoms with Crippen LogP contribution >= 0.6 is 11.8 Å². The van der Waals surface area contributed by atoms with Crippen LogP contribution in [0.25, 0.3) is 11.8 Å². The van der Waals surface area contributed by atoms with Crippen molar-refractivity contribution in [3.8, 4) is 5.69 Å². The normalized spacial score (nSPS) is 17.4. The van der Waals surface area contributed by atoms with E-state index in [1.165, 1.54) is 17.0 Å². The first kappa shape index (κ1) is 18.5. The van der Waals surface area contributed by atoms with Crippen LogP contribution in [0.5, 0.6) is 0 Å². The quantitative estimate of drug-likeness (QED) is 0.704. The minimum Gasteiger partial charge on any atom is -0.318 e. The number of hydrogen-bond acceptors (Lipinski definition) is 3. The fourth-order valence-corrected chi connectivity index (χ4v) is 4.03. The number of carbonyl (C=O) groups is 2. The van der Waals surface area contributed by atoms with Crippen LogP contribution in [0.1, 0.15) is 37.2 Å². The van der Waals surface area contributed by atoms with Gasteiger partial charge in [-0.15, -0.1) is 0 Å². The van der Waals surface area contributed by atoms with E-state index in [-0.39, 0.29) is 23.0 Å². The molecule has 1 aromatic carbocycles. The number of thioether (sulfide) groups is 1. The van der Waals surface area contributed by atoms with E-state index in [9.17, 15) is 14.0 Å². The Bertz CT molecular complexity index is 899. The van der Waals surface area contributed by atoms with Gasteiger partial charge in [0.05, 0.1) is 4.91 Å². The number of benzene rings is 1. The molecule has 136 valence electrons. The van der Waals surface area contributed by atoms with Gasteiger partial charge in [-0.05, 0) is 80.9 Å². The van der Waals surface area contributed by atoms with Gasteiger partial charge in [-0.25, -0.2) is 4.39 Å². The molecule has 1 atom stereocenters. The van der Waals surface area contributed by atoms with E-state index in [0.717, 1.165) is 40.8 Å². The molecule has 6 heteroatoms. The summed E-state index contributed by atoms with van der Waals surface area (Å²) in [5.74, 6) is -0.518. The van der Waals surface area contributed by atoms with Gasteiger partial charge < -0.3 is 4.57 Å². The number of amides is 2. The lowest BCUT2D eigenvalue weighted by molar-refractivity contribution is -0.124. The molecule has 0 saturated carbocycles. The van der Waals surface area contributed by atoms with Crippen LogP contribution in [-0.2, 0) is 4.79 Å². The summed E-state index contributed by atoms with van der Waals surface area (Å²) in [6.07, 6.45) is 2.50. The van der Waals surface area contributed by atoms with Crippen LogP contribution < -0.4 is 0 Å². The van der Waals surface area contributed by atoms with Crippen molar-refractivity contribution < 1.29 is 14.0 Å². The van der Waals surface area contributed by atoms with Crippen LogP contribution in [-0.4, -0.2) is 26.7 Å². The molecule has 1 fully saturated rings. The Morgan fingerprint density at radius 1 is 1.19 bits per heavy atom. The van der Waals surface area contributed by atoms with Crippen molar-refractivity contribution in [1.29, 1.82) is 0 Å². The molecule has 26 heavy (non-hydrogen) atoms. The summed E-state index contributed by atoms with van der Waals surface area (Å²) in [4.78, 5) is 26.5. The summed E-state index contributed by atoms with van der Waals surface area (Å²) in [6.45, 7) is 7.73. The first-order valence-corrected chi connectivity index (χ1v) is 9.37. The zero-order valence-corrected chi connectivity index (χ0v) is 16.1. The highest BCUT2D eigenvalue weighted by Gasteiger charge is 2.37. The molecule has 2 aromatic rings. The Balaban J connectivity index is 1.98. The number of aryl methyl sites for hydroxylation is 1. The standard InChI is InChI=1S/C20H21FN2O2S/c1-5-12(2)23-19(24)18(26-20(23)25)11-15-10-13(3)22(14(15)4)17-8-6-16(21)7-9-17/h6-12H,5H2,1-4H3/b18-11+/t12-/m0/s1. The smallest absolute Gasteiger partial charge is 0.293 e. The molecule has 0 spiro atoms. The summed E-state index contributed by atoms with van der Waals surface area (Å²) in [7, 11) is 0. The third kappa shape index (κ3) is 3.21. The molecule has 0 radical (unpaired) electrons. The highest BCUT2D eigenvalue weighted by Crippen LogP contribution is 2.35. The predicted octanol–water partition coefficient (Wildman–Crippen LogP) is 5.07. The molecule has 1 saturated heterocycles. The molecule has 3 rings (SSSR count). The number of carbonyl (C=O) groups excluding carboxylic acids is 2. The van der Waals surface area contributed by atoms with Gasteiger partial charge in [0, 0.05) is 23.1 Å². The third-order valence-electron chi connectivity index (χ3n) is 4.70. The van der Waals surface area contributed by atoms with Gasteiger partial charge in [0.1, 0.15) is 5.82 Å². The van der Waals surface area contributed by atoms with E-state index < -0.39 is 0 Å². The zero-order valence-electron chi connectivity index (χ0n) is 15.2. The largest absolute Gasteiger partial charge is 0.318 e. The van der Waals surface area contributed by atoms with E-state index in [1.54, 1.807) is 18.2 Å². The number of imide groups is 1. The molecule has 1 aliphatic heterocycles. The second-order valence-electron chi connectivity index (χ2n) is 6.45. The van der Waals surface area contributed by atoms with Crippen LogP contribution in [0.15, 0.2) is 35.2 Å². The maximum absolute atomic E-state index is 13.2. The molecule has 0 unspecified atom stereocenters. The maximum atomic E-state index is 13.2. The van der Waals surface area contributed by atoms with Gasteiger partial charge in [-0.2, -0.15) is 0 Å². The molecule has 0 N–H and O–H groups in total. The molecular formula is C20H21FN2O2S. The van der Waals surface area contributed by atoms with Gasteiger partial charge in [0.15, 0.2) is 0 Å². The number of hydrogen-bond donors (Lipinski definition) is 0. The molecule has 1 aliphatic rings. The number of aromatic nitrogens is 1. The van der Waals surface area contributed by atoms with Crippen LogP contribution in [0, 0.1) is 19.7 Å². The summed E-state index contributed by atoms with van der Waals surface area (Å²) >= 11 is 0.982. The Morgan fingerprint density at radius 3 is 2.46 bits per heavy atom. The van der Waals surface area contributed by atoms with Gasteiger partial charge >= 0.3 is 0 Å². The van der Waals surface area contributed by atoms with E-state index >= 15 is 0 Å². The highest BCUT2D eigenvalue weighted by atomic mass is 32.2. The lowest BCUT2D eigenvalue weighted by atomic mass is 10.2. The molecular weight excluding hydrogens is 351 g/mol. The van der Waals surface area contributed by atoms with E-state index in [4.69, 9.17) is 0 Å². The number of halogens is 1. The first-order valence-electron chi connectivity index (χ1n) is 8.55. The number of rotatable bonds is 4. The fraction of sp³-hybridized carbons (Fsp3) is 0.300. The fourth-order valence-electron chi connectivity index (χ4n) is 3.10. The summed E-state index contributed by atoms with van der Waals surface area (Å²) in [6, 6.07) is 8.14. The van der Waals surface area contributed by atoms with Crippen molar-refractivity contribution in [3.63, 3.8) is 0 Å². The van der Waals surface area contributed by atoms with Crippen LogP contribution in [0.4, 0.5) is 9.18 Å². The Hall–Kier alpha value is -2.34. The van der Waals surface area contributed by atoms with Crippen molar-refractivity contribution in [1.82, 2.24) is 9.47 Å². The van der Waals surface area contributed by atoms with E-state index in [0.29, 0.717) is 4.91 Å². The minimum absolute atomic E-state index is 0.111. The zero-order chi connectivity index (χ0) is 19.0. The topological polar surface area (TPSA) is 42.3 Å². The number of nitrogens with zero attached hydrogens (tertiary/aromatic N) is 2. The van der Waals surface area contributed by atoms with Crippen LogP contribution in [0.3, 0.4) is 0 Å². The van der Waals surface area contributed by atoms with Crippen molar-refractivity contribution in [2.45, 2.75) is 40.2 Å². The lowest BCUT2D eigenvalue weighted by Crippen LogP contribution is -2.36. The average molecular weight is 372 g/mol. The van der Waals surface area contributed by atoms with Crippen molar-refractivity contribution in [2.75, 3.05) is 0 Å². The molecule has 2 heterocycles. The highest BCUT2D eigenvalue weighted by molar-refractivity contribution is 8.18. The average Bonchev–Trinajstić information content (AvgIpc) is 3.04. The SMILES string of the molecule is CC[C@H](C)N1C(=O)S/C(=C/c2cc(C)n(-c3ccc(F)cc3)c2C)C1=O. The second kappa shape index (κ2) is 7.11. The minimum atomic E-state index is -0.282. The van der Waals surface area contributed by atoms with E-state index in [1.807, 2.05) is 38.3 Å². The van der Waals surface area contributed by atoms with Gasteiger partial charge in [-0.1, -0.05) is 6.92 Å². The van der Waals surface area contributed by atoms with Gasteiger partial charge in [-0.3, -0.25) is 14.5 Å². The summed E-state index contributed by atoms with van der Waals surface area (Å²) in [5, 5.41) is -0.219. The first-order chi connectivity index (χ1) is 12.3. The molecule has 1 aromatic heterocycles.